The largest absolute Gasteiger partial charge is 0.507 e. The first-order valence-corrected chi connectivity index (χ1v) is 4.68. The fourth-order valence-corrected chi connectivity index (χ4v) is 1.55. The van der Waals surface area contributed by atoms with Crippen LogP contribution in [0.25, 0.3) is 0 Å². The van der Waals surface area contributed by atoms with Crippen molar-refractivity contribution in [3.63, 3.8) is 0 Å². The van der Waals surface area contributed by atoms with Crippen molar-refractivity contribution in [1.29, 1.82) is 0 Å². The van der Waals surface area contributed by atoms with Crippen LogP contribution in [0.2, 0.25) is 5.02 Å². The van der Waals surface area contributed by atoms with E-state index in [9.17, 15) is 5.11 Å². The number of nitrogens with two attached hydrogens (primary N) is 1. The molecule has 1 rings (SSSR count). The second-order valence-electron chi connectivity index (χ2n) is 3.18. The van der Waals surface area contributed by atoms with Crippen LogP contribution in [0.5, 0.6) is 5.75 Å². The summed E-state index contributed by atoms with van der Waals surface area (Å²) in [5.41, 5.74) is 7.31. The van der Waals surface area contributed by atoms with Crippen molar-refractivity contribution in [3.8, 4) is 5.75 Å². The smallest absolute Gasteiger partial charge is 0.123 e. The molecule has 3 N–H and O–H groups in total. The maximum absolute atomic E-state index is 9.68. The molecule has 0 radical (unpaired) electrons. The first-order chi connectivity index (χ1) is 6.06. The van der Waals surface area contributed by atoms with E-state index in [1.165, 1.54) is 0 Å². The van der Waals surface area contributed by atoms with Gasteiger partial charge in [0, 0.05) is 16.6 Å². The van der Waals surface area contributed by atoms with Gasteiger partial charge in [0.2, 0.25) is 0 Å². The zero-order valence-corrected chi connectivity index (χ0v) is 9.82. The fourth-order valence-electron chi connectivity index (χ4n) is 1.26. The number of phenolic OH excluding ortho intramolecular Hbond substituents is 1. The maximum atomic E-state index is 9.68. The average Bonchev–Trinajstić information content (AvgIpc) is 2.10. The van der Waals surface area contributed by atoms with E-state index < -0.39 is 0 Å². The topological polar surface area (TPSA) is 46.2 Å². The SMILES string of the molecule is CC[C@@H](N)c1cc(Cl)cc(C)c1O.Cl. The van der Waals surface area contributed by atoms with Crippen molar-refractivity contribution >= 4 is 24.0 Å². The molecule has 1 aromatic rings. The van der Waals surface area contributed by atoms with Crippen LogP contribution >= 0.6 is 24.0 Å². The normalized spacial score (nSPS) is 12.0. The van der Waals surface area contributed by atoms with Gasteiger partial charge < -0.3 is 10.8 Å². The van der Waals surface area contributed by atoms with Crippen molar-refractivity contribution in [2.75, 3.05) is 0 Å². The molecular formula is C10H15Cl2NO. The van der Waals surface area contributed by atoms with E-state index in [1.807, 2.05) is 13.8 Å². The van der Waals surface area contributed by atoms with Crippen LogP contribution in [-0.2, 0) is 0 Å². The molecule has 4 heteroatoms. The Morgan fingerprint density at radius 2 is 2.07 bits per heavy atom. The lowest BCUT2D eigenvalue weighted by molar-refractivity contribution is 0.456. The molecule has 1 aromatic carbocycles. The first-order valence-electron chi connectivity index (χ1n) is 4.30. The Kier molecular flexibility index (Phi) is 5.27. The van der Waals surface area contributed by atoms with E-state index >= 15 is 0 Å². The molecule has 80 valence electrons. The van der Waals surface area contributed by atoms with Crippen molar-refractivity contribution in [2.24, 2.45) is 5.73 Å². The molecule has 0 bridgehead atoms. The third kappa shape index (κ3) is 2.77. The number of rotatable bonds is 2. The second kappa shape index (κ2) is 5.44. The minimum atomic E-state index is -0.141. The van der Waals surface area contributed by atoms with E-state index in [4.69, 9.17) is 17.3 Å². The minimum absolute atomic E-state index is 0. The van der Waals surface area contributed by atoms with Crippen LogP contribution in [0.1, 0.15) is 30.5 Å². The molecule has 0 aliphatic rings. The lowest BCUT2D eigenvalue weighted by Gasteiger charge is -2.13. The summed E-state index contributed by atoms with van der Waals surface area (Å²) in [6, 6.07) is 3.30. The highest BCUT2D eigenvalue weighted by atomic mass is 35.5. The zero-order valence-electron chi connectivity index (χ0n) is 8.25. The Hall–Kier alpha value is -0.440. The van der Waals surface area contributed by atoms with Gasteiger partial charge in [-0.2, -0.15) is 0 Å². The van der Waals surface area contributed by atoms with Crippen LogP contribution < -0.4 is 5.73 Å². The lowest BCUT2D eigenvalue weighted by Crippen LogP contribution is -2.09. The molecule has 0 fully saturated rings. The summed E-state index contributed by atoms with van der Waals surface area (Å²) in [5.74, 6) is 0.263. The quantitative estimate of drug-likeness (QED) is 0.828. The third-order valence-electron chi connectivity index (χ3n) is 2.13. The fraction of sp³-hybridized carbons (Fsp3) is 0.400. The van der Waals surface area contributed by atoms with Gasteiger partial charge >= 0.3 is 0 Å². The lowest BCUT2D eigenvalue weighted by atomic mass is 10.0. The van der Waals surface area contributed by atoms with Gasteiger partial charge in [-0.1, -0.05) is 18.5 Å². The van der Waals surface area contributed by atoms with E-state index in [0.717, 1.165) is 17.5 Å². The standard InChI is InChI=1S/C10H14ClNO.ClH/c1-3-9(12)8-5-7(11)4-6(2)10(8)13;/h4-5,9,13H,3,12H2,1-2H3;1H/t9-;/m1./s1. The summed E-state index contributed by atoms with van der Waals surface area (Å²) < 4.78 is 0. The number of hydrogen-bond acceptors (Lipinski definition) is 2. The Balaban J connectivity index is 0.00000169. The number of phenols is 1. The van der Waals surface area contributed by atoms with E-state index in [-0.39, 0.29) is 24.2 Å². The van der Waals surface area contributed by atoms with Crippen LogP contribution in [0.15, 0.2) is 12.1 Å². The van der Waals surface area contributed by atoms with Gasteiger partial charge in [0.25, 0.3) is 0 Å². The highest BCUT2D eigenvalue weighted by Gasteiger charge is 2.11. The Bertz CT molecular complexity index is 315. The van der Waals surface area contributed by atoms with Crippen molar-refractivity contribution in [1.82, 2.24) is 0 Å². The molecule has 0 spiro atoms. The van der Waals surface area contributed by atoms with Crippen molar-refractivity contribution < 1.29 is 5.11 Å². The van der Waals surface area contributed by atoms with Crippen LogP contribution in [0.3, 0.4) is 0 Å². The monoisotopic (exact) mass is 235 g/mol. The van der Waals surface area contributed by atoms with Gasteiger partial charge in [0.05, 0.1) is 0 Å². The highest BCUT2D eigenvalue weighted by molar-refractivity contribution is 6.30. The Labute approximate surface area is 95.5 Å². The van der Waals surface area contributed by atoms with Gasteiger partial charge in [-0.25, -0.2) is 0 Å². The molecule has 0 aliphatic carbocycles. The molecule has 0 aromatic heterocycles. The summed E-state index contributed by atoms with van der Waals surface area (Å²) in [6.07, 6.45) is 0.785. The number of benzene rings is 1. The molecule has 2 nitrogen and oxygen atoms in total. The molecule has 14 heavy (non-hydrogen) atoms. The molecule has 0 aliphatic heterocycles. The van der Waals surface area contributed by atoms with Crippen molar-refractivity contribution in [2.45, 2.75) is 26.3 Å². The van der Waals surface area contributed by atoms with Gasteiger partial charge in [0.1, 0.15) is 5.75 Å². The number of hydrogen-bond donors (Lipinski definition) is 2. The molecule has 0 heterocycles. The molecule has 1 atom stereocenters. The molecule has 0 amide bonds. The molecule has 0 saturated carbocycles. The van der Waals surface area contributed by atoms with E-state index in [2.05, 4.69) is 0 Å². The zero-order chi connectivity index (χ0) is 10.0. The molecular weight excluding hydrogens is 221 g/mol. The molecule has 0 saturated heterocycles. The minimum Gasteiger partial charge on any atom is -0.507 e. The van der Waals surface area contributed by atoms with E-state index in [0.29, 0.717) is 5.02 Å². The number of aryl methyl sites for hydroxylation is 1. The Morgan fingerprint density at radius 3 is 2.57 bits per heavy atom. The summed E-state index contributed by atoms with van der Waals surface area (Å²) in [7, 11) is 0. The first kappa shape index (κ1) is 13.6. The summed E-state index contributed by atoms with van der Waals surface area (Å²) in [6.45, 7) is 3.79. The number of aromatic hydroxyl groups is 1. The average molecular weight is 236 g/mol. The summed E-state index contributed by atoms with van der Waals surface area (Å²) >= 11 is 5.86. The number of halogens is 2. The van der Waals surface area contributed by atoms with Gasteiger partial charge in [0.15, 0.2) is 0 Å². The predicted octanol–water partition coefficient (Wildman–Crippen LogP) is 3.19. The van der Waals surface area contributed by atoms with Gasteiger partial charge in [-0.05, 0) is 31.0 Å². The third-order valence-corrected chi connectivity index (χ3v) is 2.35. The summed E-state index contributed by atoms with van der Waals surface area (Å²) in [5, 5.41) is 10.3. The van der Waals surface area contributed by atoms with E-state index in [1.54, 1.807) is 12.1 Å². The second-order valence-corrected chi connectivity index (χ2v) is 3.61. The van der Waals surface area contributed by atoms with Crippen LogP contribution in [0.4, 0.5) is 0 Å². The Morgan fingerprint density at radius 1 is 1.50 bits per heavy atom. The molecule has 0 unspecified atom stereocenters. The predicted molar refractivity (Wildman–Crippen MR) is 62.3 cm³/mol. The summed E-state index contributed by atoms with van der Waals surface area (Å²) in [4.78, 5) is 0. The van der Waals surface area contributed by atoms with Gasteiger partial charge in [-0.3, -0.25) is 0 Å². The van der Waals surface area contributed by atoms with Crippen LogP contribution in [-0.4, -0.2) is 5.11 Å². The van der Waals surface area contributed by atoms with Gasteiger partial charge in [-0.15, -0.1) is 12.4 Å². The van der Waals surface area contributed by atoms with Crippen molar-refractivity contribution in [3.05, 3.63) is 28.3 Å². The maximum Gasteiger partial charge on any atom is 0.123 e. The highest BCUT2D eigenvalue weighted by Crippen LogP contribution is 2.31. The van der Waals surface area contributed by atoms with Crippen LogP contribution in [0, 0.1) is 6.92 Å².